The molecule has 0 saturated heterocycles. The van der Waals surface area contributed by atoms with E-state index in [2.05, 4.69) is 11.8 Å². The standard InChI is InChI=1S/C29H48O9S/c1-18-4-14-27(20(15-18)17-35-33)36-21-5-7-23(8-6-21)38-39(34)24-11-9-22(10-12-24)37-29(32)25-13-3-19(2)16-26(25)28(30)31/h18-27,33H,3-17H2,1-2H3,(H,30,31). The first kappa shape index (κ1) is 30.9. The van der Waals surface area contributed by atoms with Gasteiger partial charge < -0.3 is 14.6 Å². The maximum Gasteiger partial charge on any atom is 0.310 e. The first-order valence-corrected chi connectivity index (χ1v) is 16.3. The Morgan fingerprint density at radius 3 is 2.05 bits per heavy atom. The molecule has 0 amide bonds. The van der Waals surface area contributed by atoms with Gasteiger partial charge >= 0.3 is 11.9 Å². The highest BCUT2D eigenvalue weighted by atomic mass is 32.2. The minimum Gasteiger partial charge on any atom is -0.481 e. The van der Waals surface area contributed by atoms with Crippen LogP contribution in [0.4, 0.5) is 0 Å². The molecule has 224 valence electrons. The van der Waals surface area contributed by atoms with E-state index < -0.39 is 28.9 Å². The average Bonchev–Trinajstić information content (AvgIpc) is 2.91. The molecule has 7 atom stereocenters. The minimum absolute atomic E-state index is 0.0363. The summed E-state index contributed by atoms with van der Waals surface area (Å²) in [5.74, 6) is -1.37. The van der Waals surface area contributed by atoms with Crippen molar-refractivity contribution in [2.75, 3.05) is 6.61 Å². The van der Waals surface area contributed by atoms with Crippen molar-refractivity contribution in [2.45, 2.75) is 133 Å². The molecule has 0 heterocycles. The molecule has 4 aliphatic carbocycles. The van der Waals surface area contributed by atoms with Crippen LogP contribution in [0.25, 0.3) is 0 Å². The first-order chi connectivity index (χ1) is 18.7. The van der Waals surface area contributed by atoms with E-state index in [1.54, 1.807) is 0 Å². The van der Waals surface area contributed by atoms with Crippen LogP contribution in [0.5, 0.6) is 0 Å². The molecule has 4 aliphatic rings. The largest absolute Gasteiger partial charge is 0.481 e. The fourth-order valence-corrected chi connectivity index (χ4v) is 8.45. The second kappa shape index (κ2) is 14.7. The Balaban J connectivity index is 1.15. The number of hydrogen-bond acceptors (Lipinski definition) is 8. The molecule has 0 spiro atoms. The Kier molecular flexibility index (Phi) is 11.6. The minimum atomic E-state index is -1.39. The van der Waals surface area contributed by atoms with Gasteiger partial charge in [-0.15, -0.1) is 0 Å². The van der Waals surface area contributed by atoms with Crippen LogP contribution in [0.2, 0.25) is 0 Å². The lowest BCUT2D eigenvalue weighted by atomic mass is 9.74. The molecular formula is C29H48O9S. The van der Waals surface area contributed by atoms with Crippen LogP contribution in [-0.4, -0.2) is 62.8 Å². The molecular weight excluding hydrogens is 524 g/mol. The third-order valence-corrected chi connectivity index (χ3v) is 11.1. The maximum atomic E-state index is 13.0. The fraction of sp³-hybridized carbons (Fsp3) is 0.931. The van der Waals surface area contributed by atoms with Gasteiger partial charge in [-0.2, -0.15) is 0 Å². The van der Waals surface area contributed by atoms with Crippen LogP contribution < -0.4 is 0 Å². The van der Waals surface area contributed by atoms with E-state index in [4.69, 9.17) is 18.9 Å². The van der Waals surface area contributed by atoms with E-state index in [1.807, 2.05) is 6.92 Å². The lowest BCUT2D eigenvalue weighted by molar-refractivity contribution is -0.262. The van der Waals surface area contributed by atoms with E-state index >= 15 is 0 Å². The Labute approximate surface area is 235 Å². The maximum absolute atomic E-state index is 13.0. The number of carbonyl (C=O) groups excluding carboxylic acids is 1. The average molecular weight is 573 g/mol. The molecule has 7 unspecified atom stereocenters. The number of carbonyl (C=O) groups is 2. The van der Waals surface area contributed by atoms with Gasteiger partial charge in [0.1, 0.15) is 6.10 Å². The predicted molar refractivity (Wildman–Crippen MR) is 145 cm³/mol. The van der Waals surface area contributed by atoms with Crippen molar-refractivity contribution in [2.24, 2.45) is 29.6 Å². The number of rotatable bonds is 10. The van der Waals surface area contributed by atoms with Crippen LogP contribution in [-0.2, 0) is 39.2 Å². The number of ether oxygens (including phenoxy) is 2. The van der Waals surface area contributed by atoms with Gasteiger partial charge in [0.05, 0.1) is 42.0 Å². The lowest BCUT2D eigenvalue weighted by Crippen LogP contribution is -2.39. The summed E-state index contributed by atoms with van der Waals surface area (Å²) >= 11 is -1.39. The van der Waals surface area contributed by atoms with Crippen molar-refractivity contribution >= 4 is 23.0 Å². The van der Waals surface area contributed by atoms with Crippen molar-refractivity contribution < 1.29 is 42.7 Å². The first-order valence-electron chi connectivity index (χ1n) is 15.2. The van der Waals surface area contributed by atoms with Crippen LogP contribution >= 0.6 is 0 Å². The van der Waals surface area contributed by atoms with Crippen LogP contribution in [0.1, 0.15) is 104 Å². The molecule has 39 heavy (non-hydrogen) atoms. The molecule has 9 nitrogen and oxygen atoms in total. The molecule has 4 rings (SSSR count). The van der Waals surface area contributed by atoms with E-state index in [0.29, 0.717) is 57.0 Å². The summed E-state index contributed by atoms with van der Waals surface area (Å²) in [5.41, 5.74) is 0. The highest BCUT2D eigenvalue weighted by Crippen LogP contribution is 2.37. The molecule has 4 fully saturated rings. The van der Waals surface area contributed by atoms with Crippen LogP contribution in [0.15, 0.2) is 0 Å². The quantitative estimate of drug-likeness (QED) is 0.204. The van der Waals surface area contributed by atoms with Gasteiger partial charge in [-0.1, -0.05) is 13.8 Å². The molecule has 0 aromatic heterocycles. The highest BCUT2D eigenvalue weighted by molar-refractivity contribution is 7.80. The Morgan fingerprint density at radius 2 is 1.38 bits per heavy atom. The summed E-state index contributed by atoms with van der Waals surface area (Å²) in [6.45, 7) is 4.58. The van der Waals surface area contributed by atoms with Gasteiger partial charge in [0.2, 0.25) is 0 Å². The molecule has 0 radical (unpaired) electrons. The van der Waals surface area contributed by atoms with Gasteiger partial charge in [-0.05, 0) is 102 Å². The smallest absolute Gasteiger partial charge is 0.310 e. The second-order valence-corrected chi connectivity index (χ2v) is 14.1. The topological polar surface area (TPSA) is 129 Å². The zero-order valence-electron chi connectivity index (χ0n) is 23.5. The van der Waals surface area contributed by atoms with Gasteiger partial charge in [-0.25, -0.2) is 9.10 Å². The van der Waals surface area contributed by atoms with Gasteiger partial charge in [0, 0.05) is 5.92 Å². The second-order valence-electron chi connectivity index (χ2n) is 12.7. The molecule has 10 heteroatoms. The summed E-state index contributed by atoms with van der Waals surface area (Å²) in [6, 6.07) is 0. The number of carboxylic acids is 1. The molecule has 0 aromatic carbocycles. The van der Waals surface area contributed by atoms with Crippen molar-refractivity contribution in [3.8, 4) is 0 Å². The van der Waals surface area contributed by atoms with Gasteiger partial charge in [0.15, 0.2) is 11.1 Å². The fourth-order valence-electron chi connectivity index (χ4n) is 7.18. The normalized spacial score (nSPS) is 40.5. The number of carboxylic acid groups (broad SMARTS) is 1. The van der Waals surface area contributed by atoms with Crippen molar-refractivity contribution in [3.63, 3.8) is 0 Å². The zero-order chi connectivity index (χ0) is 27.9. The van der Waals surface area contributed by atoms with E-state index in [9.17, 15) is 18.9 Å². The van der Waals surface area contributed by atoms with Crippen molar-refractivity contribution in [3.05, 3.63) is 0 Å². The molecule has 0 aromatic rings. The van der Waals surface area contributed by atoms with E-state index in [-0.39, 0.29) is 41.6 Å². The summed E-state index contributed by atoms with van der Waals surface area (Å²) in [4.78, 5) is 28.9. The van der Waals surface area contributed by atoms with E-state index in [0.717, 1.165) is 51.4 Å². The lowest BCUT2D eigenvalue weighted by Gasteiger charge is -2.38. The molecule has 0 bridgehead atoms. The van der Waals surface area contributed by atoms with Crippen LogP contribution in [0.3, 0.4) is 0 Å². The summed E-state index contributed by atoms with van der Waals surface area (Å²) in [5, 5.41) is 18.4. The predicted octanol–water partition coefficient (Wildman–Crippen LogP) is 5.28. The van der Waals surface area contributed by atoms with Crippen LogP contribution in [0, 0.1) is 29.6 Å². The molecule has 4 saturated carbocycles. The van der Waals surface area contributed by atoms with Gasteiger partial charge in [-0.3, -0.25) is 19.0 Å². The monoisotopic (exact) mass is 572 g/mol. The Hall–Kier alpha value is -1.07. The number of esters is 1. The summed E-state index contributed by atoms with van der Waals surface area (Å²) < 4.78 is 31.2. The van der Waals surface area contributed by atoms with Crippen molar-refractivity contribution in [1.82, 2.24) is 0 Å². The molecule has 0 aliphatic heterocycles. The third kappa shape index (κ3) is 8.71. The zero-order valence-corrected chi connectivity index (χ0v) is 24.4. The SMILES string of the molecule is CC1CCC(OC2CCC(OS(=O)C3CCC(OC(=O)C4CCC(C)CC4C(=O)O)CC3)CC2)C(COO)C1. The number of aliphatic carboxylic acids is 1. The Bertz CT molecular complexity index is 822. The highest BCUT2D eigenvalue weighted by Gasteiger charge is 2.41. The summed E-state index contributed by atoms with van der Waals surface area (Å²) in [6.07, 6.45) is 11.1. The van der Waals surface area contributed by atoms with Gasteiger partial charge in [0.25, 0.3) is 0 Å². The van der Waals surface area contributed by atoms with Crippen molar-refractivity contribution in [1.29, 1.82) is 0 Å². The summed E-state index contributed by atoms with van der Waals surface area (Å²) in [7, 11) is 0. The molecule has 2 N–H and O–H groups in total. The number of hydrogen-bond donors (Lipinski definition) is 2. The third-order valence-electron chi connectivity index (χ3n) is 9.59. The van der Waals surface area contributed by atoms with E-state index in [1.165, 1.54) is 0 Å². The Morgan fingerprint density at radius 1 is 0.769 bits per heavy atom.